The van der Waals surface area contributed by atoms with Gasteiger partial charge in [0.2, 0.25) is 0 Å². The first-order valence-corrected chi connectivity index (χ1v) is 10.4. The topological polar surface area (TPSA) is 46.6 Å². The summed E-state index contributed by atoms with van der Waals surface area (Å²) in [6.07, 6.45) is -0.866. The van der Waals surface area contributed by atoms with E-state index in [0.717, 1.165) is 0 Å². The van der Waals surface area contributed by atoms with Crippen molar-refractivity contribution in [2.24, 2.45) is 5.92 Å². The number of methoxy groups -OCH3 is 2. The van der Waals surface area contributed by atoms with Gasteiger partial charge in [0.05, 0.1) is 35.9 Å². The van der Waals surface area contributed by atoms with E-state index in [1.54, 1.807) is 29.3 Å². The summed E-state index contributed by atoms with van der Waals surface area (Å²) in [5.41, 5.74) is 0.219. The second-order valence-corrected chi connectivity index (χ2v) is 8.37. The quantitative estimate of drug-likeness (QED) is 0.518. The zero-order valence-electron chi connectivity index (χ0n) is 16.4. The highest BCUT2D eigenvalue weighted by Crippen LogP contribution is 2.45. The van der Waals surface area contributed by atoms with Crippen LogP contribution in [-0.2, 0) is 0 Å². The number of rotatable bonds is 4. The number of alkyl halides is 4. The first kappa shape index (κ1) is 22.2. The zero-order valence-corrected chi connectivity index (χ0v) is 18.6. The van der Waals surface area contributed by atoms with Crippen molar-refractivity contribution < 1.29 is 22.6 Å². The Morgan fingerprint density at radius 1 is 1.10 bits per heavy atom. The number of nitrogens with zero attached hydrogens (tertiary/aromatic N) is 2. The predicted molar refractivity (Wildman–Crippen MR) is 116 cm³/mol. The number of anilines is 1. The smallest absolute Gasteiger partial charge is 0.395 e. The molecule has 0 radical (unpaired) electrons. The van der Waals surface area contributed by atoms with E-state index in [-0.39, 0.29) is 23.1 Å². The molecule has 1 fully saturated rings. The van der Waals surface area contributed by atoms with E-state index < -0.39 is 17.6 Å². The van der Waals surface area contributed by atoms with E-state index in [2.05, 4.69) is 10.3 Å². The Balaban J connectivity index is 1.90. The molecule has 1 unspecified atom stereocenters. The number of ether oxygens (including phenoxy) is 2. The number of hydrogen-bond donors (Lipinski definition) is 1. The minimum atomic E-state index is -4.26. The maximum Gasteiger partial charge on any atom is 0.395 e. The minimum absolute atomic E-state index is 0.191. The Kier molecular flexibility index (Phi) is 5.83. The summed E-state index contributed by atoms with van der Waals surface area (Å²) in [4.78, 5) is 6.21. The summed E-state index contributed by atoms with van der Waals surface area (Å²) in [6, 6.07) is 3.29. The van der Waals surface area contributed by atoms with E-state index in [9.17, 15) is 13.2 Å². The molecule has 5 nitrogen and oxygen atoms in total. The van der Waals surface area contributed by atoms with Crippen molar-refractivity contribution in [1.82, 2.24) is 10.3 Å². The molecule has 1 saturated heterocycles. The van der Waals surface area contributed by atoms with Crippen LogP contribution in [0.25, 0.3) is 23.5 Å². The molecular weight excluding hydrogens is 478 g/mol. The lowest BCUT2D eigenvalue weighted by atomic mass is 9.98. The molecule has 1 aromatic carbocycles. The summed E-state index contributed by atoms with van der Waals surface area (Å²) < 4.78 is 49.8. The van der Waals surface area contributed by atoms with Gasteiger partial charge in [-0.25, -0.2) is 4.98 Å². The Labute approximate surface area is 191 Å². The molecule has 0 spiro atoms. The molecule has 0 bridgehead atoms. The molecule has 1 atom stereocenters. The molecule has 4 rings (SSSR count). The molecule has 31 heavy (non-hydrogen) atoms. The third-order valence-corrected chi connectivity index (χ3v) is 6.26. The number of pyridine rings is 1. The van der Waals surface area contributed by atoms with Crippen LogP contribution in [0.4, 0.5) is 19.0 Å². The fraction of sp³-hybridized carbons (Fsp3) is 0.350. The van der Waals surface area contributed by atoms with Crippen LogP contribution in [0, 0.1) is 5.92 Å². The van der Waals surface area contributed by atoms with Crippen molar-refractivity contribution >= 4 is 52.9 Å². The lowest BCUT2D eigenvalue weighted by Crippen LogP contribution is -2.56. The van der Waals surface area contributed by atoms with Gasteiger partial charge in [-0.3, -0.25) is 0 Å². The summed E-state index contributed by atoms with van der Waals surface area (Å²) in [6.45, 7) is -0.382. The Bertz CT molecular complexity index is 1120. The highest BCUT2D eigenvalue weighted by Gasteiger charge is 2.47. The SMILES string of the molecule is COc1cc(OC)c(Cl)c(-c2cc3c(c(N4CC(C(F)(F)F)C4)n2)=CC(Cl)NC=3)c1Cl. The molecule has 2 aliphatic rings. The normalized spacial score (nSPS) is 18.3. The molecule has 0 aliphatic carbocycles. The molecule has 1 aromatic heterocycles. The third-order valence-electron chi connectivity index (χ3n) is 5.26. The van der Waals surface area contributed by atoms with Crippen LogP contribution in [0.1, 0.15) is 0 Å². The van der Waals surface area contributed by atoms with Crippen molar-refractivity contribution in [3.8, 4) is 22.8 Å². The maximum absolute atomic E-state index is 13.1. The monoisotopic (exact) mass is 493 g/mol. The van der Waals surface area contributed by atoms with Gasteiger partial charge in [0, 0.05) is 41.4 Å². The fourth-order valence-electron chi connectivity index (χ4n) is 3.55. The van der Waals surface area contributed by atoms with E-state index in [0.29, 0.717) is 39.0 Å². The molecule has 166 valence electrons. The molecule has 2 aromatic rings. The second-order valence-electron chi connectivity index (χ2n) is 7.14. The van der Waals surface area contributed by atoms with Gasteiger partial charge in [-0.2, -0.15) is 13.2 Å². The summed E-state index contributed by atoms with van der Waals surface area (Å²) in [5, 5.41) is 4.74. The van der Waals surface area contributed by atoms with Crippen molar-refractivity contribution in [3.05, 3.63) is 32.6 Å². The first-order valence-electron chi connectivity index (χ1n) is 9.19. The average Bonchev–Trinajstić information content (AvgIpc) is 2.66. The number of hydrogen-bond acceptors (Lipinski definition) is 5. The van der Waals surface area contributed by atoms with Gasteiger partial charge < -0.3 is 19.7 Å². The largest absolute Gasteiger partial charge is 0.495 e. The Hall–Kier alpha value is -2.03. The van der Waals surface area contributed by atoms with Crippen LogP contribution in [0.2, 0.25) is 10.0 Å². The van der Waals surface area contributed by atoms with Gasteiger partial charge in [-0.1, -0.05) is 34.8 Å². The van der Waals surface area contributed by atoms with Crippen molar-refractivity contribution in [2.75, 3.05) is 32.2 Å². The molecule has 3 heterocycles. The van der Waals surface area contributed by atoms with Crippen LogP contribution in [0.5, 0.6) is 11.5 Å². The lowest BCUT2D eigenvalue weighted by molar-refractivity contribution is -0.180. The zero-order chi connectivity index (χ0) is 22.5. The standard InChI is InChI=1S/C20H17Cl3F3N3O2/c1-30-13-5-14(31-2)18(23)16(17(13)22)12-3-9-6-27-15(21)4-11(9)19(28-12)29-7-10(8-29)20(24,25)26/h3-6,10,15,27H,7-8H2,1-2H3. The molecule has 0 amide bonds. The van der Waals surface area contributed by atoms with Gasteiger partial charge >= 0.3 is 6.18 Å². The van der Waals surface area contributed by atoms with Gasteiger partial charge in [0.1, 0.15) is 22.8 Å². The van der Waals surface area contributed by atoms with E-state index >= 15 is 0 Å². The van der Waals surface area contributed by atoms with Crippen molar-refractivity contribution in [3.63, 3.8) is 0 Å². The van der Waals surface area contributed by atoms with Gasteiger partial charge in [0.25, 0.3) is 0 Å². The Morgan fingerprint density at radius 2 is 1.71 bits per heavy atom. The number of benzene rings is 1. The molecule has 11 heteroatoms. The van der Waals surface area contributed by atoms with E-state index in [1.807, 2.05) is 0 Å². The van der Waals surface area contributed by atoms with Crippen molar-refractivity contribution in [1.29, 1.82) is 0 Å². The van der Waals surface area contributed by atoms with Gasteiger partial charge in [-0.15, -0.1) is 0 Å². The highest BCUT2D eigenvalue weighted by molar-refractivity contribution is 6.41. The fourth-order valence-corrected chi connectivity index (χ4v) is 4.44. The molecule has 2 aliphatic heterocycles. The Morgan fingerprint density at radius 3 is 2.26 bits per heavy atom. The van der Waals surface area contributed by atoms with Crippen LogP contribution in [0.3, 0.4) is 0 Å². The first-order chi connectivity index (χ1) is 14.6. The van der Waals surface area contributed by atoms with Crippen LogP contribution < -0.4 is 30.1 Å². The lowest BCUT2D eigenvalue weighted by Gasteiger charge is -2.41. The third kappa shape index (κ3) is 3.97. The summed E-state index contributed by atoms with van der Waals surface area (Å²) in [5.74, 6) is -0.371. The van der Waals surface area contributed by atoms with Gasteiger partial charge in [-0.05, 0) is 12.1 Å². The number of halogens is 6. The number of aromatic nitrogens is 1. The molecule has 0 saturated carbocycles. The second kappa shape index (κ2) is 8.15. The van der Waals surface area contributed by atoms with E-state index in [4.69, 9.17) is 44.3 Å². The maximum atomic E-state index is 13.1. The van der Waals surface area contributed by atoms with Gasteiger partial charge in [0.15, 0.2) is 0 Å². The van der Waals surface area contributed by atoms with Crippen LogP contribution >= 0.6 is 34.8 Å². The van der Waals surface area contributed by atoms with Crippen LogP contribution in [-0.4, -0.2) is 44.0 Å². The molecule has 1 N–H and O–H groups in total. The van der Waals surface area contributed by atoms with Crippen molar-refractivity contribution in [2.45, 2.75) is 11.7 Å². The molecular formula is C20H17Cl3F3N3O2. The number of nitrogens with one attached hydrogen (secondary N) is 1. The van der Waals surface area contributed by atoms with E-state index in [1.165, 1.54) is 14.2 Å². The number of fused-ring (bicyclic) bond motifs is 1. The summed E-state index contributed by atoms with van der Waals surface area (Å²) >= 11 is 19.2. The minimum Gasteiger partial charge on any atom is -0.495 e. The van der Waals surface area contributed by atoms with Crippen LogP contribution in [0.15, 0.2) is 12.1 Å². The highest BCUT2D eigenvalue weighted by atomic mass is 35.5. The average molecular weight is 495 g/mol. The predicted octanol–water partition coefficient (Wildman–Crippen LogP) is 3.76. The summed E-state index contributed by atoms with van der Waals surface area (Å²) in [7, 11) is 2.91.